The number of benzene rings is 1. The van der Waals surface area contributed by atoms with E-state index in [4.69, 9.17) is 11.6 Å². The van der Waals surface area contributed by atoms with Crippen molar-refractivity contribution in [3.8, 4) is 0 Å². The van der Waals surface area contributed by atoms with Crippen molar-refractivity contribution < 1.29 is 31.1 Å². The highest BCUT2D eigenvalue weighted by Crippen LogP contribution is 2.39. The van der Waals surface area contributed by atoms with Crippen molar-refractivity contribution in [2.75, 3.05) is 6.54 Å². The summed E-state index contributed by atoms with van der Waals surface area (Å²) in [6.07, 6.45) is -3.68. The standard InChI is InChI=1S/C26H31ClF6N2O/c1-14(2)22-10-21(34-12-16-4-15(3)5-20(27)8-16)11-23(22)24(36)35-13-17-6-18(25(28,29)30)9-19(7-17)26(31,32)33/h4,6-9,14-15,21-23,34H,5,10-13H2,1-3H3,(H,35,36)/t15?,21-,22?,23-/m1/s1. The Kier molecular flexibility index (Phi) is 8.87. The van der Waals surface area contributed by atoms with Crippen LogP contribution in [-0.2, 0) is 23.7 Å². The summed E-state index contributed by atoms with van der Waals surface area (Å²) in [5.41, 5.74) is -1.96. The van der Waals surface area contributed by atoms with Gasteiger partial charge in [0.2, 0.25) is 5.91 Å². The van der Waals surface area contributed by atoms with Crippen LogP contribution in [-0.4, -0.2) is 18.5 Å². The number of hydrogen-bond acceptors (Lipinski definition) is 2. The SMILES string of the molecule is CC1C=C(CN[C@@H]2CC(C(C)C)[C@H](C(=O)NCc3cc(C(F)(F)F)cc(C(F)(F)F)c3)C2)C=C(Cl)C1. The molecule has 200 valence electrons. The fraction of sp³-hybridized carbons (Fsp3) is 0.577. The van der Waals surface area contributed by atoms with Gasteiger partial charge in [-0.15, -0.1) is 0 Å². The normalized spacial score (nSPS) is 25.1. The minimum Gasteiger partial charge on any atom is -0.352 e. The molecule has 2 unspecified atom stereocenters. The smallest absolute Gasteiger partial charge is 0.352 e. The number of rotatable bonds is 7. The molecule has 3 rings (SSSR count). The van der Waals surface area contributed by atoms with Crippen LogP contribution >= 0.6 is 11.6 Å². The molecular formula is C26H31ClF6N2O. The molecule has 0 aliphatic heterocycles. The molecule has 0 radical (unpaired) electrons. The van der Waals surface area contributed by atoms with Gasteiger partial charge in [0.25, 0.3) is 0 Å². The largest absolute Gasteiger partial charge is 0.416 e. The number of carbonyl (C=O) groups is 1. The summed E-state index contributed by atoms with van der Waals surface area (Å²) in [4.78, 5) is 13.0. The van der Waals surface area contributed by atoms with Gasteiger partial charge < -0.3 is 10.6 Å². The minimum atomic E-state index is -4.93. The van der Waals surface area contributed by atoms with Gasteiger partial charge >= 0.3 is 12.4 Å². The molecule has 1 aromatic rings. The third kappa shape index (κ3) is 7.51. The molecule has 1 fully saturated rings. The van der Waals surface area contributed by atoms with Crippen LogP contribution in [0.2, 0.25) is 0 Å². The molecule has 1 aromatic carbocycles. The van der Waals surface area contributed by atoms with Gasteiger partial charge in [-0.05, 0) is 72.4 Å². The number of nitrogens with one attached hydrogen (secondary N) is 2. The van der Waals surface area contributed by atoms with E-state index in [9.17, 15) is 31.1 Å². The second-order valence-corrected chi connectivity index (χ2v) is 10.7. The second kappa shape index (κ2) is 11.2. The molecule has 10 heteroatoms. The molecule has 36 heavy (non-hydrogen) atoms. The first-order valence-corrected chi connectivity index (χ1v) is 12.4. The summed E-state index contributed by atoms with van der Waals surface area (Å²) >= 11 is 6.20. The highest BCUT2D eigenvalue weighted by Gasteiger charge is 2.40. The summed E-state index contributed by atoms with van der Waals surface area (Å²) in [5.74, 6) is -0.195. The lowest BCUT2D eigenvalue weighted by Crippen LogP contribution is -2.34. The van der Waals surface area contributed by atoms with Crippen LogP contribution in [0.5, 0.6) is 0 Å². The Morgan fingerprint density at radius 1 is 1.03 bits per heavy atom. The van der Waals surface area contributed by atoms with Crippen molar-refractivity contribution >= 4 is 17.5 Å². The predicted octanol–water partition coefficient (Wildman–Crippen LogP) is 7.07. The van der Waals surface area contributed by atoms with Gasteiger partial charge in [-0.3, -0.25) is 4.79 Å². The summed E-state index contributed by atoms with van der Waals surface area (Å²) < 4.78 is 78.8. The second-order valence-electron chi connectivity index (χ2n) is 10.2. The Morgan fingerprint density at radius 2 is 1.64 bits per heavy atom. The average Bonchev–Trinajstić information content (AvgIpc) is 3.19. The van der Waals surface area contributed by atoms with Crippen LogP contribution in [0.4, 0.5) is 26.3 Å². The molecule has 3 nitrogen and oxygen atoms in total. The first-order valence-electron chi connectivity index (χ1n) is 12.0. The predicted molar refractivity (Wildman–Crippen MR) is 127 cm³/mol. The van der Waals surface area contributed by atoms with Crippen LogP contribution in [0.25, 0.3) is 0 Å². The van der Waals surface area contributed by atoms with Crippen LogP contribution in [0, 0.1) is 23.7 Å². The van der Waals surface area contributed by atoms with Gasteiger partial charge in [0.05, 0.1) is 11.1 Å². The molecular weight excluding hydrogens is 506 g/mol. The Labute approximate surface area is 212 Å². The van der Waals surface area contributed by atoms with Crippen molar-refractivity contribution in [3.05, 3.63) is 57.6 Å². The molecule has 2 aliphatic rings. The number of carbonyl (C=O) groups excluding carboxylic acids is 1. The van der Waals surface area contributed by atoms with E-state index in [1.54, 1.807) is 0 Å². The van der Waals surface area contributed by atoms with Crippen LogP contribution in [0.1, 0.15) is 56.7 Å². The first kappa shape index (κ1) is 28.6. The summed E-state index contributed by atoms with van der Waals surface area (Å²) in [6.45, 7) is 6.28. The maximum absolute atomic E-state index is 13.1. The number of halogens is 7. The number of hydrogen-bond donors (Lipinski definition) is 2. The highest BCUT2D eigenvalue weighted by molar-refractivity contribution is 6.29. The van der Waals surface area contributed by atoms with Crippen molar-refractivity contribution in [3.63, 3.8) is 0 Å². The van der Waals surface area contributed by atoms with Crippen LogP contribution in [0.3, 0.4) is 0 Å². The molecule has 4 atom stereocenters. The molecule has 1 saturated carbocycles. The lowest BCUT2D eigenvalue weighted by Gasteiger charge is -2.22. The van der Waals surface area contributed by atoms with Gasteiger partial charge in [-0.1, -0.05) is 38.4 Å². The van der Waals surface area contributed by atoms with Gasteiger partial charge in [0.1, 0.15) is 0 Å². The van der Waals surface area contributed by atoms with E-state index in [0.717, 1.165) is 23.4 Å². The molecule has 0 spiro atoms. The van der Waals surface area contributed by atoms with E-state index >= 15 is 0 Å². The molecule has 0 aromatic heterocycles. The van der Waals surface area contributed by atoms with Crippen molar-refractivity contribution in [2.24, 2.45) is 23.7 Å². The quantitative estimate of drug-likeness (QED) is 0.366. The zero-order valence-corrected chi connectivity index (χ0v) is 21.1. The van der Waals surface area contributed by atoms with E-state index in [0.29, 0.717) is 31.0 Å². The fourth-order valence-electron chi connectivity index (χ4n) is 5.13. The van der Waals surface area contributed by atoms with Crippen LogP contribution in [0.15, 0.2) is 41.0 Å². The zero-order valence-electron chi connectivity index (χ0n) is 20.4. The van der Waals surface area contributed by atoms with Crippen molar-refractivity contribution in [1.29, 1.82) is 0 Å². The van der Waals surface area contributed by atoms with Crippen LogP contribution < -0.4 is 10.6 Å². The van der Waals surface area contributed by atoms with Gasteiger partial charge in [0.15, 0.2) is 0 Å². The van der Waals surface area contributed by atoms with Gasteiger partial charge in [0, 0.05) is 30.1 Å². The zero-order chi connectivity index (χ0) is 26.8. The third-order valence-electron chi connectivity index (χ3n) is 6.87. The van der Waals surface area contributed by atoms with E-state index < -0.39 is 35.9 Å². The highest BCUT2D eigenvalue weighted by atomic mass is 35.5. The number of amides is 1. The number of alkyl halides is 6. The Bertz CT molecular complexity index is 982. The van der Waals surface area contributed by atoms with Gasteiger partial charge in [-0.2, -0.15) is 26.3 Å². The minimum absolute atomic E-state index is 0.0353. The molecule has 1 amide bonds. The topological polar surface area (TPSA) is 41.1 Å². The number of allylic oxidation sites excluding steroid dienone is 2. The van der Waals surface area contributed by atoms with Gasteiger partial charge in [-0.25, -0.2) is 0 Å². The lowest BCUT2D eigenvalue weighted by atomic mass is 9.85. The Hall–Kier alpha value is -2.00. The van der Waals surface area contributed by atoms with E-state index in [1.165, 1.54) is 0 Å². The van der Waals surface area contributed by atoms with Crippen molar-refractivity contribution in [1.82, 2.24) is 10.6 Å². The Balaban J connectivity index is 1.67. The third-order valence-corrected chi connectivity index (χ3v) is 7.14. The molecule has 0 saturated heterocycles. The summed E-state index contributed by atoms with van der Waals surface area (Å²) in [5, 5.41) is 6.86. The molecule has 2 N–H and O–H groups in total. The average molecular weight is 537 g/mol. The fourth-order valence-corrected chi connectivity index (χ4v) is 5.51. The van der Waals surface area contributed by atoms with E-state index in [2.05, 4.69) is 23.6 Å². The molecule has 0 bridgehead atoms. The Morgan fingerprint density at radius 3 is 2.17 bits per heavy atom. The molecule has 2 aliphatic carbocycles. The summed E-state index contributed by atoms with van der Waals surface area (Å²) in [6, 6.07) is 1.43. The monoisotopic (exact) mass is 536 g/mol. The lowest BCUT2D eigenvalue weighted by molar-refractivity contribution is -0.143. The van der Waals surface area contributed by atoms with E-state index in [-0.39, 0.29) is 35.4 Å². The first-order chi connectivity index (χ1) is 16.6. The van der Waals surface area contributed by atoms with Crippen molar-refractivity contribution in [2.45, 2.75) is 65.0 Å². The summed E-state index contributed by atoms with van der Waals surface area (Å²) in [7, 11) is 0. The van der Waals surface area contributed by atoms with E-state index in [1.807, 2.05) is 19.9 Å². The molecule has 0 heterocycles. The maximum Gasteiger partial charge on any atom is 0.416 e. The maximum atomic E-state index is 13.1.